The number of esters is 1. The van der Waals surface area contributed by atoms with Gasteiger partial charge in [-0.3, -0.25) is 4.79 Å². The van der Waals surface area contributed by atoms with Crippen LogP contribution in [-0.4, -0.2) is 39.4 Å². The summed E-state index contributed by atoms with van der Waals surface area (Å²) in [5.41, 5.74) is -0.492. The number of thioether (sulfide) groups is 2. The highest BCUT2D eigenvalue weighted by molar-refractivity contribution is 8.18. The smallest absolute Gasteiger partial charge is 0.311 e. The third-order valence-corrected chi connectivity index (χ3v) is 6.47. The van der Waals surface area contributed by atoms with E-state index in [1.807, 2.05) is 34.6 Å². The van der Waals surface area contributed by atoms with Gasteiger partial charge in [0.25, 0.3) is 0 Å². The van der Waals surface area contributed by atoms with Crippen LogP contribution in [0.4, 0.5) is 0 Å². The number of ether oxygens (including phenoxy) is 1. The van der Waals surface area contributed by atoms with Crippen LogP contribution in [-0.2, 0) is 9.53 Å². The minimum absolute atomic E-state index is 0.159. The maximum absolute atomic E-state index is 11.9. The largest absolute Gasteiger partial charge is 0.463 e. The van der Waals surface area contributed by atoms with Crippen LogP contribution in [0.15, 0.2) is 0 Å². The van der Waals surface area contributed by atoms with Crippen LogP contribution in [0.25, 0.3) is 0 Å². The molecule has 1 heterocycles. The third kappa shape index (κ3) is 4.57. The topological polar surface area (TPSA) is 46.5 Å². The van der Waals surface area contributed by atoms with Gasteiger partial charge in [-0.2, -0.15) is 0 Å². The predicted molar refractivity (Wildman–Crippen MR) is 83.5 cm³/mol. The van der Waals surface area contributed by atoms with E-state index in [1.165, 1.54) is 0 Å². The zero-order chi connectivity index (χ0) is 14.7. The predicted octanol–water partition coefficient (Wildman–Crippen LogP) is 3.16. The van der Waals surface area contributed by atoms with E-state index >= 15 is 0 Å². The van der Waals surface area contributed by atoms with Crippen molar-refractivity contribution in [1.29, 1.82) is 0 Å². The number of hydrogen-bond donors (Lipinski definition) is 1. The molecule has 1 fully saturated rings. The summed E-state index contributed by atoms with van der Waals surface area (Å²) in [5, 5.41) is 10.5. The zero-order valence-electron chi connectivity index (χ0n) is 12.6. The Morgan fingerprint density at radius 2 is 1.84 bits per heavy atom. The molecule has 3 nitrogen and oxygen atoms in total. The summed E-state index contributed by atoms with van der Waals surface area (Å²) >= 11 is 3.47. The van der Waals surface area contributed by atoms with Crippen molar-refractivity contribution >= 4 is 29.5 Å². The van der Waals surface area contributed by atoms with Gasteiger partial charge in [0.1, 0.15) is 10.7 Å². The fraction of sp³-hybridized carbons (Fsp3) is 0.929. The molecular formula is C14H26O3S2. The summed E-state index contributed by atoms with van der Waals surface area (Å²) in [7, 11) is 0. The fourth-order valence-electron chi connectivity index (χ4n) is 1.82. The second kappa shape index (κ2) is 6.72. The molecule has 1 N–H and O–H groups in total. The monoisotopic (exact) mass is 306 g/mol. The molecule has 0 aliphatic carbocycles. The van der Waals surface area contributed by atoms with E-state index < -0.39 is 15.6 Å². The van der Waals surface area contributed by atoms with Crippen LogP contribution in [0.1, 0.15) is 41.0 Å². The Morgan fingerprint density at radius 3 is 2.26 bits per heavy atom. The van der Waals surface area contributed by atoms with Gasteiger partial charge in [0.2, 0.25) is 0 Å². The molecule has 1 atom stereocenters. The average Bonchev–Trinajstić information content (AvgIpc) is 2.34. The molecular weight excluding hydrogens is 280 g/mol. The van der Waals surface area contributed by atoms with Crippen LogP contribution < -0.4 is 0 Å². The molecule has 0 bridgehead atoms. The highest BCUT2D eigenvalue weighted by atomic mass is 32.2. The number of hydrogen-bond acceptors (Lipinski definition) is 5. The Balaban J connectivity index is 2.73. The lowest BCUT2D eigenvalue weighted by Gasteiger charge is -2.41. The minimum Gasteiger partial charge on any atom is -0.463 e. The third-order valence-electron chi connectivity index (χ3n) is 3.08. The van der Waals surface area contributed by atoms with Crippen LogP contribution in [0.5, 0.6) is 0 Å². The lowest BCUT2D eigenvalue weighted by atomic mass is 9.97. The Morgan fingerprint density at radius 1 is 1.32 bits per heavy atom. The van der Waals surface area contributed by atoms with Crippen molar-refractivity contribution in [3.63, 3.8) is 0 Å². The Kier molecular flexibility index (Phi) is 6.08. The van der Waals surface area contributed by atoms with Gasteiger partial charge in [-0.1, -0.05) is 13.8 Å². The van der Waals surface area contributed by atoms with E-state index in [1.54, 1.807) is 23.5 Å². The molecule has 5 heteroatoms. The summed E-state index contributed by atoms with van der Waals surface area (Å²) < 4.78 is 5.08. The molecule has 1 aliphatic heterocycles. The number of carbonyl (C=O) groups excluding carboxylic acids is 1. The van der Waals surface area contributed by atoms with Crippen molar-refractivity contribution in [2.45, 2.75) is 51.2 Å². The van der Waals surface area contributed by atoms with Gasteiger partial charge >= 0.3 is 5.97 Å². The molecule has 0 amide bonds. The van der Waals surface area contributed by atoms with E-state index in [4.69, 9.17) is 4.74 Å². The van der Waals surface area contributed by atoms with Gasteiger partial charge in [0, 0.05) is 0 Å². The molecule has 19 heavy (non-hydrogen) atoms. The summed E-state index contributed by atoms with van der Waals surface area (Å²) in [5.74, 6) is 1.99. The van der Waals surface area contributed by atoms with Crippen molar-refractivity contribution < 1.29 is 14.6 Å². The fourth-order valence-corrected chi connectivity index (χ4v) is 5.28. The second-order valence-corrected chi connectivity index (χ2v) is 9.49. The van der Waals surface area contributed by atoms with E-state index in [9.17, 15) is 9.90 Å². The first-order valence-corrected chi connectivity index (χ1v) is 8.79. The van der Waals surface area contributed by atoms with E-state index in [2.05, 4.69) is 0 Å². The maximum Gasteiger partial charge on any atom is 0.311 e. The van der Waals surface area contributed by atoms with Gasteiger partial charge < -0.3 is 9.84 Å². The molecule has 1 rings (SSSR count). The standard InChI is InChI=1S/C14H26O3S2/c1-10(2)11(15)14(18-7-6-8-19-14)9-17-12(16)13(3,4)5/h10-11,15H,6-9H2,1-5H3. The number of aliphatic hydroxyl groups is 1. The van der Waals surface area contributed by atoms with Gasteiger partial charge in [0.05, 0.1) is 11.5 Å². The molecule has 112 valence electrons. The lowest BCUT2D eigenvalue weighted by Crippen LogP contribution is -2.46. The zero-order valence-corrected chi connectivity index (χ0v) is 14.2. The van der Waals surface area contributed by atoms with Crippen LogP contribution in [0.3, 0.4) is 0 Å². The number of rotatable bonds is 4. The maximum atomic E-state index is 11.9. The van der Waals surface area contributed by atoms with E-state index in [-0.39, 0.29) is 18.5 Å². The molecule has 0 aromatic carbocycles. The van der Waals surface area contributed by atoms with Crippen molar-refractivity contribution in [3.05, 3.63) is 0 Å². The highest BCUT2D eigenvalue weighted by Gasteiger charge is 2.44. The van der Waals surface area contributed by atoms with Gasteiger partial charge in [-0.05, 0) is 44.6 Å². The second-order valence-electron chi connectivity index (χ2n) is 6.38. The van der Waals surface area contributed by atoms with Crippen LogP contribution >= 0.6 is 23.5 Å². The number of aliphatic hydroxyl groups excluding tert-OH is 1. The Hall–Kier alpha value is 0.130. The molecule has 0 aromatic rings. The molecule has 0 saturated carbocycles. The summed E-state index contributed by atoms with van der Waals surface area (Å²) in [6.45, 7) is 9.85. The van der Waals surface area contributed by atoms with Crippen LogP contribution in [0, 0.1) is 11.3 Å². The summed E-state index contributed by atoms with van der Waals surface area (Å²) in [6, 6.07) is 0. The molecule has 1 saturated heterocycles. The molecule has 0 aromatic heterocycles. The minimum atomic E-state index is -0.492. The molecule has 1 aliphatic rings. The lowest BCUT2D eigenvalue weighted by molar-refractivity contribution is -0.153. The van der Waals surface area contributed by atoms with Crippen molar-refractivity contribution in [2.24, 2.45) is 11.3 Å². The Labute approximate surface area is 125 Å². The van der Waals surface area contributed by atoms with Crippen molar-refractivity contribution in [2.75, 3.05) is 18.1 Å². The molecule has 0 radical (unpaired) electrons. The Bertz CT molecular complexity index is 304. The molecule has 1 unspecified atom stereocenters. The SMILES string of the molecule is CC(C)C(O)C1(COC(=O)C(C)(C)C)SCCCS1. The molecule has 0 spiro atoms. The first kappa shape index (κ1) is 17.2. The normalized spacial score (nSPS) is 21.2. The number of carbonyl (C=O) groups is 1. The first-order valence-electron chi connectivity index (χ1n) is 6.82. The van der Waals surface area contributed by atoms with Crippen molar-refractivity contribution in [1.82, 2.24) is 0 Å². The van der Waals surface area contributed by atoms with Crippen LogP contribution in [0.2, 0.25) is 0 Å². The summed E-state index contributed by atoms with van der Waals surface area (Å²) in [4.78, 5) is 11.9. The quantitative estimate of drug-likeness (QED) is 0.808. The van der Waals surface area contributed by atoms with Crippen molar-refractivity contribution in [3.8, 4) is 0 Å². The first-order chi connectivity index (χ1) is 8.69. The van der Waals surface area contributed by atoms with Gasteiger partial charge in [-0.25, -0.2) is 0 Å². The summed E-state index contributed by atoms with van der Waals surface area (Å²) in [6.07, 6.45) is 0.685. The highest BCUT2D eigenvalue weighted by Crippen LogP contribution is 2.47. The van der Waals surface area contributed by atoms with Gasteiger partial charge in [0.15, 0.2) is 0 Å². The van der Waals surface area contributed by atoms with E-state index in [0.717, 1.165) is 17.9 Å². The van der Waals surface area contributed by atoms with Gasteiger partial charge in [-0.15, -0.1) is 23.5 Å². The average molecular weight is 306 g/mol. The van der Waals surface area contributed by atoms with E-state index in [0.29, 0.717) is 0 Å².